The number of pyridine rings is 1. The summed E-state index contributed by atoms with van der Waals surface area (Å²) in [6.45, 7) is 12.4. The Morgan fingerprint density at radius 3 is 2.30 bits per heavy atom. The van der Waals surface area contributed by atoms with E-state index in [9.17, 15) is 4.79 Å². The van der Waals surface area contributed by atoms with E-state index in [-0.39, 0.29) is 11.3 Å². The average molecular weight is 339 g/mol. The second-order valence-corrected chi connectivity index (χ2v) is 5.90. The summed E-state index contributed by atoms with van der Waals surface area (Å²) in [5, 5.41) is 2.84. The van der Waals surface area contributed by atoms with Gasteiger partial charge in [0.15, 0.2) is 0 Å². The van der Waals surface area contributed by atoms with Gasteiger partial charge >= 0.3 is 0 Å². The molecule has 5 nitrogen and oxygen atoms in total. The number of nitrogens with zero attached hydrogens (tertiary/aromatic N) is 3. The number of aromatic nitrogens is 1. The smallest absolute Gasteiger partial charge is 0.232 e. The van der Waals surface area contributed by atoms with Crippen LogP contribution in [-0.2, 0) is 4.79 Å². The third kappa shape index (κ3) is 5.79. The molecule has 0 aromatic carbocycles. The number of thiol groups is 1. The highest BCUT2D eigenvalue weighted by atomic mass is 32.1. The molecule has 130 valence electrons. The molecule has 0 aliphatic carbocycles. The predicted octanol–water partition coefficient (Wildman–Crippen LogP) is 2.18. The Balaban J connectivity index is 2.93. The average Bonchev–Trinajstić information content (AvgIpc) is 2.58. The fourth-order valence-corrected chi connectivity index (χ4v) is 3.15. The molecule has 1 N–H and O–H groups in total. The number of carbonyl (C=O) groups excluding carboxylic acids is 1. The van der Waals surface area contributed by atoms with Crippen molar-refractivity contribution in [1.29, 1.82) is 0 Å². The van der Waals surface area contributed by atoms with Gasteiger partial charge in [-0.2, -0.15) is 12.6 Å². The molecule has 0 aliphatic heterocycles. The van der Waals surface area contributed by atoms with E-state index in [4.69, 9.17) is 12.6 Å². The molecule has 1 amide bonds. The van der Waals surface area contributed by atoms with Crippen molar-refractivity contribution in [2.75, 3.05) is 32.8 Å². The SMILES string of the molecule is CCN(CC)CNC(=O)C(c1ccccn1)C(S)N(CC)CC. The summed E-state index contributed by atoms with van der Waals surface area (Å²) in [5.41, 5.74) is 0.761. The second-order valence-electron chi connectivity index (χ2n) is 5.37. The van der Waals surface area contributed by atoms with Crippen LogP contribution in [0.25, 0.3) is 0 Å². The molecule has 1 rings (SSSR count). The van der Waals surface area contributed by atoms with Gasteiger partial charge in [0.1, 0.15) is 5.92 Å². The predicted molar refractivity (Wildman–Crippen MR) is 98.6 cm³/mol. The first kappa shape index (κ1) is 19.9. The van der Waals surface area contributed by atoms with E-state index >= 15 is 0 Å². The summed E-state index contributed by atoms with van der Waals surface area (Å²) >= 11 is 4.73. The topological polar surface area (TPSA) is 48.5 Å². The Morgan fingerprint density at radius 1 is 1.17 bits per heavy atom. The maximum Gasteiger partial charge on any atom is 0.232 e. The maximum atomic E-state index is 12.8. The van der Waals surface area contributed by atoms with E-state index < -0.39 is 5.92 Å². The molecule has 0 fully saturated rings. The number of hydrogen-bond acceptors (Lipinski definition) is 5. The molecule has 0 aliphatic rings. The molecule has 0 radical (unpaired) electrons. The van der Waals surface area contributed by atoms with Gasteiger partial charge in [-0.15, -0.1) is 0 Å². The van der Waals surface area contributed by atoms with E-state index in [1.807, 2.05) is 18.2 Å². The lowest BCUT2D eigenvalue weighted by atomic mass is 10.0. The van der Waals surface area contributed by atoms with Crippen LogP contribution in [0.1, 0.15) is 39.3 Å². The first-order valence-corrected chi connectivity index (χ1v) is 8.93. The van der Waals surface area contributed by atoms with Crippen LogP contribution in [0.4, 0.5) is 0 Å². The van der Waals surface area contributed by atoms with Gasteiger partial charge in [0.2, 0.25) is 5.91 Å². The fourth-order valence-electron chi connectivity index (χ4n) is 2.54. The van der Waals surface area contributed by atoms with Crippen molar-refractivity contribution < 1.29 is 4.79 Å². The first-order chi connectivity index (χ1) is 11.1. The molecule has 0 spiro atoms. The largest absolute Gasteiger partial charge is 0.343 e. The summed E-state index contributed by atoms with van der Waals surface area (Å²) in [4.78, 5) is 21.5. The highest BCUT2D eigenvalue weighted by molar-refractivity contribution is 7.81. The Hall–Kier alpha value is -1.11. The number of nitrogens with one attached hydrogen (secondary N) is 1. The minimum atomic E-state index is -0.394. The van der Waals surface area contributed by atoms with Crippen molar-refractivity contribution in [3.63, 3.8) is 0 Å². The zero-order valence-electron chi connectivity index (χ0n) is 14.7. The van der Waals surface area contributed by atoms with E-state index in [1.165, 1.54) is 0 Å². The number of carbonyl (C=O) groups is 1. The quantitative estimate of drug-likeness (QED) is 0.507. The molecule has 0 saturated carbocycles. The molecule has 1 aromatic heterocycles. The monoisotopic (exact) mass is 338 g/mol. The Morgan fingerprint density at radius 2 is 1.83 bits per heavy atom. The van der Waals surface area contributed by atoms with Crippen molar-refractivity contribution in [3.05, 3.63) is 30.1 Å². The van der Waals surface area contributed by atoms with Gasteiger partial charge in [-0.1, -0.05) is 33.8 Å². The Kier molecular flexibility index (Phi) is 9.21. The van der Waals surface area contributed by atoms with Crippen LogP contribution < -0.4 is 5.32 Å². The standard InChI is InChI=1S/C17H30N4OS/c1-5-20(6-2)13-19-16(22)15(14-11-9-10-12-18-14)17(23)21(7-3)8-4/h9-12,15,17,23H,5-8,13H2,1-4H3,(H,19,22). The minimum absolute atomic E-state index is 0.0255. The minimum Gasteiger partial charge on any atom is -0.343 e. The zero-order chi connectivity index (χ0) is 17.2. The molecule has 2 unspecified atom stereocenters. The molecule has 1 aromatic rings. The van der Waals surface area contributed by atoms with Crippen molar-refractivity contribution in [1.82, 2.24) is 20.1 Å². The molecule has 2 atom stereocenters. The van der Waals surface area contributed by atoms with Gasteiger partial charge in [-0.05, 0) is 38.3 Å². The molecule has 0 bridgehead atoms. The van der Waals surface area contributed by atoms with Gasteiger partial charge in [0, 0.05) is 6.20 Å². The molecular formula is C17H30N4OS. The van der Waals surface area contributed by atoms with Crippen LogP contribution in [0.2, 0.25) is 0 Å². The number of hydrogen-bond donors (Lipinski definition) is 2. The van der Waals surface area contributed by atoms with Gasteiger partial charge in [-0.25, -0.2) is 0 Å². The van der Waals surface area contributed by atoms with Gasteiger partial charge in [0.05, 0.1) is 17.7 Å². The second kappa shape index (κ2) is 10.6. The van der Waals surface area contributed by atoms with E-state index in [0.717, 1.165) is 31.9 Å². The van der Waals surface area contributed by atoms with Crippen molar-refractivity contribution in [2.24, 2.45) is 0 Å². The van der Waals surface area contributed by atoms with Crippen molar-refractivity contribution in [2.45, 2.75) is 39.0 Å². The summed E-state index contributed by atoms with van der Waals surface area (Å²) < 4.78 is 0. The highest BCUT2D eigenvalue weighted by Crippen LogP contribution is 2.25. The van der Waals surface area contributed by atoms with E-state index in [0.29, 0.717) is 6.67 Å². The van der Waals surface area contributed by atoms with Crippen molar-refractivity contribution in [3.8, 4) is 0 Å². The molecular weight excluding hydrogens is 308 g/mol. The van der Waals surface area contributed by atoms with Gasteiger partial charge in [-0.3, -0.25) is 19.6 Å². The third-order valence-corrected chi connectivity index (χ3v) is 4.77. The lowest BCUT2D eigenvalue weighted by molar-refractivity contribution is -0.124. The van der Waals surface area contributed by atoms with Crippen LogP contribution >= 0.6 is 12.6 Å². The lowest BCUT2D eigenvalue weighted by Gasteiger charge is -2.32. The first-order valence-electron chi connectivity index (χ1n) is 8.41. The molecule has 0 saturated heterocycles. The van der Waals surface area contributed by atoms with Crippen LogP contribution in [0.15, 0.2) is 24.4 Å². The van der Waals surface area contributed by atoms with Gasteiger partial charge in [0.25, 0.3) is 0 Å². The maximum absolute atomic E-state index is 12.8. The molecule has 6 heteroatoms. The summed E-state index contributed by atoms with van der Waals surface area (Å²) in [6.07, 6.45) is 1.72. The van der Waals surface area contributed by atoms with Gasteiger partial charge < -0.3 is 5.32 Å². The summed E-state index contributed by atoms with van der Waals surface area (Å²) in [7, 11) is 0. The van der Waals surface area contributed by atoms with Crippen LogP contribution in [0.3, 0.4) is 0 Å². The van der Waals surface area contributed by atoms with Crippen LogP contribution in [0.5, 0.6) is 0 Å². The zero-order valence-corrected chi connectivity index (χ0v) is 15.6. The highest BCUT2D eigenvalue weighted by Gasteiger charge is 2.31. The number of rotatable bonds is 10. The van der Waals surface area contributed by atoms with Crippen molar-refractivity contribution >= 4 is 18.5 Å². The molecule has 23 heavy (non-hydrogen) atoms. The van der Waals surface area contributed by atoms with Crippen LogP contribution in [0, 0.1) is 0 Å². The van der Waals surface area contributed by atoms with E-state index in [1.54, 1.807) is 6.20 Å². The van der Waals surface area contributed by atoms with Crippen LogP contribution in [-0.4, -0.2) is 58.9 Å². The number of likely N-dealkylation sites (N-methyl/N-ethyl adjacent to an activating group) is 1. The van der Waals surface area contributed by atoms with E-state index in [2.05, 4.69) is 47.8 Å². The lowest BCUT2D eigenvalue weighted by Crippen LogP contribution is -2.46. The summed E-state index contributed by atoms with van der Waals surface area (Å²) in [6, 6.07) is 5.67. The Labute approximate surface area is 145 Å². The number of amides is 1. The normalized spacial score (nSPS) is 14.0. The third-order valence-electron chi connectivity index (χ3n) is 4.14. The fraction of sp³-hybridized carbons (Fsp3) is 0.647. The molecule has 1 heterocycles. The summed E-state index contributed by atoms with van der Waals surface area (Å²) in [5.74, 6) is -0.419. The Bertz CT molecular complexity index is 449.